The van der Waals surface area contributed by atoms with Crippen LogP contribution >= 0.6 is 23.2 Å². The van der Waals surface area contributed by atoms with Gasteiger partial charge in [0.15, 0.2) is 6.61 Å². The van der Waals surface area contributed by atoms with Crippen LogP contribution in [0.5, 0.6) is 0 Å². The summed E-state index contributed by atoms with van der Waals surface area (Å²) in [6.07, 6.45) is 0. The maximum absolute atomic E-state index is 12.9. The van der Waals surface area contributed by atoms with Crippen molar-refractivity contribution in [2.75, 3.05) is 17.7 Å². The normalized spacial score (nSPS) is 10.2. The second-order valence-corrected chi connectivity index (χ2v) is 5.24. The summed E-state index contributed by atoms with van der Waals surface area (Å²) in [4.78, 5) is 23.6. The molecule has 2 rings (SSSR count). The van der Waals surface area contributed by atoms with Gasteiger partial charge < -0.3 is 15.8 Å². The highest BCUT2D eigenvalue weighted by atomic mass is 35.5. The number of nitrogens with two attached hydrogens (primary N) is 1. The third-order valence-electron chi connectivity index (χ3n) is 2.79. The number of amides is 1. The van der Waals surface area contributed by atoms with E-state index in [9.17, 15) is 14.0 Å². The number of anilines is 2. The summed E-state index contributed by atoms with van der Waals surface area (Å²) >= 11 is 11.7. The zero-order valence-corrected chi connectivity index (χ0v) is 13.1. The van der Waals surface area contributed by atoms with E-state index in [1.54, 1.807) is 18.2 Å². The Morgan fingerprint density at radius 2 is 1.96 bits per heavy atom. The minimum Gasteiger partial charge on any atom is -0.452 e. The van der Waals surface area contributed by atoms with E-state index >= 15 is 0 Å². The van der Waals surface area contributed by atoms with Gasteiger partial charge in [-0.3, -0.25) is 4.79 Å². The van der Waals surface area contributed by atoms with Crippen molar-refractivity contribution in [1.82, 2.24) is 0 Å². The second-order valence-electron chi connectivity index (χ2n) is 4.46. The zero-order chi connectivity index (χ0) is 17.0. The summed E-state index contributed by atoms with van der Waals surface area (Å²) in [5, 5.41) is 2.91. The first-order chi connectivity index (χ1) is 10.9. The number of benzene rings is 2. The maximum Gasteiger partial charge on any atom is 0.340 e. The highest BCUT2D eigenvalue weighted by molar-refractivity contribution is 6.44. The zero-order valence-electron chi connectivity index (χ0n) is 11.6. The van der Waals surface area contributed by atoms with Gasteiger partial charge >= 0.3 is 5.97 Å². The molecule has 0 heterocycles. The fraction of sp³-hybridized carbons (Fsp3) is 0.0667. The third-order valence-corrected chi connectivity index (χ3v) is 3.61. The Bertz CT molecular complexity index is 768. The fourth-order valence-corrected chi connectivity index (χ4v) is 2.06. The molecule has 0 radical (unpaired) electrons. The van der Waals surface area contributed by atoms with Crippen molar-refractivity contribution in [1.29, 1.82) is 0 Å². The van der Waals surface area contributed by atoms with Crippen LogP contribution in [0, 0.1) is 5.82 Å². The molecule has 0 saturated heterocycles. The number of hydrogen-bond donors (Lipinski definition) is 2. The van der Waals surface area contributed by atoms with Gasteiger partial charge in [0.1, 0.15) is 5.82 Å². The summed E-state index contributed by atoms with van der Waals surface area (Å²) in [6, 6.07) is 7.96. The lowest BCUT2D eigenvalue weighted by molar-refractivity contribution is -0.119. The Morgan fingerprint density at radius 1 is 1.22 bits per heavy atom. The van der Waals surface area contributed by atoms with Crippen molar-refractivity contribution in [2.24, 2.45) is 0 Å². The first kappa shape index (κ1) is 17.1. The van der Waals surface area contributed by atoms with E-state index in [0.717, 1.165) is 12.1 Å². The molecule has 0 spiro atoms. The van der Waals surface area contributed by atoms with E-state index in [1.807, 2.05) is 0 Å². The Labute approximate surface area is 141 Å². The molecule has 0 fully saturated rings. The van der Waals surface area contributed by atoms with Crippen molar-refractivity contribution < 1.29 is 18.7 Å². The van der Waals surface area contributed by atoms with E-state index in [2.05, 4.69) is 5.32 Å². The first-order valence-corrected chi connectivity index (χ1v) is 7.10. The van der Waals surface area contributed by atoms with E-state index < -0.39 is 24.3 Å². The average molecular weight is 357 g/mol. The number of nitrogens with one attached hydrogen (secondary N) is 1. The number of carbonyl (C=O) groups excluding carboxylic acids is 2. The van der Waals surface area contributed by atoms with Crippen LogP contribution in [-0.2, 0) is 9.53 Å². The molecular formula is C15H11Cl2FN2O3. The number of hydrogen-bond acceptors (Lipinski definition) is 4. The summed E-state index contributed by atoms with van der Waals surface area (Å²) in [5.74, 6) is -2.02. The van der Waals surface area contributed by atoms with Crippen LogP contribution in [0.25, 0.3) is 0 Å². The van der Waals surface area contributed by atoms with Gasteiger partial charge in [-0.1, -0.05) is 29.3 Å². The number of nitrogen functional groups attached to an aromatic ring is 1. The van der Waals surface area contributed by atoms with Gasteiger partial charge in [-0.2, -0.15) is 0 Å². The van der Waals surface area contributed by atoms with Crippen LogP contribution in [0.4, 0.5) is 15.8 Å². The molecule has 0 saturated carbocycles. The molecule has 5 nitrogen and oxygen atoms in total. The lowest BCUT2D eigenvalue weighted by atomic mass is 10.2. The van der Waals surface area contributed by atoms with E-state index in [4.69, 9.17) is 33.7 Å². The molecule has 120 valence electrons. The van der Waals surface area contributed by atoms with E-state index in [-0.39, 0.29) is 21.3 Å². The largest absolute Gasteiger partial charge is 0.452 e. The van der Waals surface area contributed by atoms with Gasteiger partial charge in [0.05, 0.1) is 21.3 Å². The molecule has 0 aliphatic heterocycles. The molecule has 0 aliphatic carbocycles. The minimum atomic E-state index is -0.838. The average Bonchev–Trinajstić information content (AvgIpc) is 2.49. The molecule has 0 aromatic heterocycles. The van der Waals surface area contributed by atoms with Gasteiger partial charge in [0.2, 0.25) is 0 Å². The van der Waals surface area contributed by atoms with Crippen molar-refractivity contribution in [2.45, 2.75) is 0 Å². The lowest BCUT2D eigenvalue weighted by Crippen LogP contribution is -2.21. The van der Waals surface area contributed by atoms with Gasteiger partial charge in [-0.25, -0.2) is 9.18 Å². The Kier molecular flexibility index (Phi) is 5.41. The van der Waals surface area contributed by atoms with Crippen LogP contribution in [0.2, 0.25) is 10.0 Å². The number of esters is 1. The van der Waals surface area contributed by atoms with E-state index in [1.165, 1.54) is 6.07 Å². The molecule has 2 aromatic rings. The molecule has 1 amide bonds. The van der Waals surface area contributed by atoms with Crippen LogP contribution in [-0.4, -0.2) is 18.5 Å². The molecule has 0 bridgehead atoms. The topological polar surface area (TPSA) is 81.4 Å². The molecule has 23 heavy (non-hydrogen) atoms. The highest BCUT2D eigenvalue weighted by Gasteiger charge is 2.15. The van der Waals surface area contributed by atoms with Gasteiger partial charge in [-0.15, -0.1) is 0 Å². The van der Waals surface area contributed by atoms with Crippen molar-refractivity contribution in [3.8, 4) is 0 Å². The van der Waals surface area contributed by atoms with Gasteiger partial charge in [0, 0.05) is 5.69 Å². The number of ether oxygens (including phenoxy) is 1. The molecular weight excluding hydrogens is 346 g/mol. The fourth-order valence-electron chi connectivity index (χ4n) is 1.71. The molecule has 0 atom stereocenters. The van der Waals surface area contributed by atoms with Gasteiger partial charge in [0.25, 0.3) is 5.91 Å². The van der Waals surface area contributed by atoms with Crippen LogP contribution in [0.3, 0.4) is 0 Å². The molecule has 0 unspecified atom stereocenters. The summed E-state index contributed by atoms with van der Waals surface area (Å²) < 4.78 is 17.7. The smallest absolute Gasteiger partial charge is 0.340 e. The second kappa shape index (κ2) is 7.30. The molecule has 0 aliphatic rings. The van der Waals surface area contributed by atoms with Crippen molar-refractivity contribution >= 4 is 46.5 Å². The standard InChI is InChI=1S/C15H11Cl2FN2O3/c16-10-2-1-3-12(14(10)17)20-13(21)7-23-15(22)9-5-4-8(18)6-11(9)19/h1-6H,7,19H2,(H,20,21). The van der Waals surface area contributed by atoms with Crippen LogP contribution in [0.15, 0.2) is 36.4 Å². The Hall–Kier alpha value is -2.31. The summed E-state index contributed by atoms with van der Waals surface area (Å²) in [6.45, 7) is -0.557. The van der Waals surface area contributed by atoms with Crippen molar-refractivity contribution in [3.05, 3.63) is 57.8 Å². The summed E-state index contributed by atoms with van der Waals surface area (Å²) in [5.41, 5.74) is 5.70. The van der Waals surface area contributed by atoms with Crippen molar-refractivity contribution in [3.63, 3.8) is 0 Å². The monoisotopic (exact) mass is 356 g/mol. The minimum absolute atomic E-state index is 0.0278. The highest BCUT2D eigenvalue weighted by Crippen LogP contribution is 2.29. The first-order valence-electron chi connectivity index (χ1n) is 6.34. The molecule has 8 heteroatoms. The SMILES string of the molecule is Nc1cc(F)ccc1C(=O)OCC(=O)Nc1cccc(Cl)c1Cl. The predicted molar refractivity (Wildman–Crippen MR) is 86.2 cm³/mol. The third kappa shape index (κ3) is 4.34. The summed E-state index contributed by atoms with van der Waals surface area (Å²) in [7, 11) is 0. The quantitative estimate of drug-likeness (QED) is 0.648. The Morgan fingerprint density at radius 3 is 2.65 bits per heavy atom. The lowest BCUT2D eigenvalue weighted by Gasteiger charge is -2.09. The number of carbonyl (C=O) groups is 2. The number of halogens is 3. The number of rotatable bonds is 4. The van der Waals surface area contributed by atoms with Gasteiger partial charge in [-0.05, 0) is 30.3 Å². The van der Waals surface area contributed by atoms with Crippen LogP contribution in [0.1, 0.15) is 10.4 Å². The Balaban J connectivity index is 1.96. The molecule has 3 N–H and O–H groups in total. The predicted octanol–water partition coefficient (Wildman–Crippen LogP) is 3.51. The maximum atomic E-state index is 12.9. The van der Waals surface area contributed by atoms with E-state index in [0.29, 0.717) is 5.69 Å². The van der Waals surface area contributed by atoms with Crippen LogP contribution < -0.4 is 11.1 Å². The molecule has 2 aromatic carbocycles.